The molecule has 0 atom stereocenters. The van der Waals surface area contributed by atoms with Crippen LogP contribution in [-0.2, 0) is 24.2 Å². The van der Waals surface area contributed by atoms with Crippen molar-refractivity contribution >= 4 is 46.4 Å². The zero-order valence-electron chi connectivity index (χ0n) is 19.8. The summed E-state index contributed by atoms with van der Waals surface area (Å²) in [6.07, 6.45) is 7.18. The van der Waals surface area contributed by atoms with Gasteiger partial charge in [0.2, 0.25) is 5.95 Å². The molecule has 0 unspecified atom stereocenters. The Morgan fingerprint density at radius 3 is 2.63 bits per heavy atom. The first-order valence-electron chi connectivity index (χ1n) is 11.3. The summed E-state index contributed by atoms with van der Waals surface area (Å²) < 4.78 is -0.156. The second-order valence-corrected chi connectivity index (χ2v) is 12.1. The molecule has 0 radical (unpaired) electrons. The molecule has 0 bridgehead atoms. The van der Waals surface area contributed by atoms with Crippen molar-refractivity contribution in [3.05, 3.63) is 70.4 Å². The molecule has 0 saturated carbocycles. The number of aryl methyl sites for hydroxylation is 1. The van der Waals surface area contributed by atoms with Crippen molar-refractivity contribution in [2.75, 3.05) is 11.4 Å². The van der Waals surface area contributed by atoms with Gasteiger partial charge in [0.25, 0.3) is 0 Å². The van der Waals surface area contributed by atoms with Crippen molar-refractivity contribution in [3.8, 4) is 10.6 Å². The highest BCUT2D eigenvalue weighted by atomic mass is 32.2. The predicted molar refractivity (Wildman–Crippen MR) is 143 cm³/mol. The Morgan fingerprint density at radius 2 is 1.94 bits per heavy atom. The standard InChI is InChI=1S/C25H27N5O2S3/c1-4-17-13-27-23(28-14-17)30(15-18-6-5-7-19(12-18)21-26-9-11-33-21)10-8-20-16-34-24(29-20)35-25(2,3)22(31)32/h5-7,9,11-14,16H,4,8,10,15H2,1-3H3,(H,31,32). The highest BCUT2D eigenvalue weighted by Crippen LogP contribution is 2.34. The molecule has 3 heterocycles. The van der Waals surface area contributed by atoms with E-state index >= 15 is 0 Å². The molecule has 0 aliphatic carbocycles. The summed E-state index contributed by atoms with van der Waals surface area (Å²) in [5.41, 5.74) is 4.28. The van der Waals surface area contributed by atoms with E-state index in [9.17, 15) is 9.90 Å². The summed E-state index contributed by atoms with van der Waals surface area (Å²) >= 11 is 4.38. The minimum atomic E-state index is -0.918. The van der Waals surface area contributed by atoms with Crippen LogP contribution in [0.3, 0.4) is 0 Å². The highest BCUT2D eigenvalue weighted by molar-refractivity contribution is 8.03. The lowest BCUT2D eigenvalue weighted by atomic mass is 10.1. The Balaban J connectivity index is 1.51. The molecule has 0 spiro atoms. The Hall–Kier alpha value is -2.82. The summed E-state index contributed by atoms with van der Waals surface area (Å²) in [6, 6.07) is 8.40. The van der Waals surface area contributed by atoms with Crippen LogP contribution in [0.5, 0.6) is 0 Å². The maximum Gasteiger partial charge on any atom is 0.319 e. The van der Waals surface area contributed by atoms with Gasteiger partial charge in [0, 0.05) is 54.4 Å². The molecule has 182 valence electrons. The Kier molecular flexibility index (Phi) is 8.15. The summed E-state index contributed by atoms with van der Waals surface area (Å²) in [4.78, 5) is 32.0. The summed E-state index contributed by atoms with van der Waals surface area (Å²) in [5, 5.41) is 14.4. The van der Waals surface area contributed by atoms with Crippen molar-refractivity contribution in [3.63, 3.8) is 0 Å². The normalized spacial score (nSPS) is 11.5. The van der Waals surface area contributed by atoms with Crippen molar-refractivity contribution in [2.45, 2.75) is 49.2 Å². The SMILES string of the molecule is CCc1cnc(N(CCc2csc(SC(C)(C)C(=O)O)n2)Cc2cccc(-c3nccs3)c2)nc1. The molecule has 1 aromatic carbocycles. The van der Waals surface area contributed by atoms with Gasteiger partial charge in [-0.05, 0) is 37.5 Å². The van der Waals surface area contributed by atoms with Gasteiger partial charge in [-0.1, -0.05) is 36.9 Å². The van der Waals surface area contributed by atoms with Gasteiger partial charge in [0.05, 0.1) is 5.69 Å². The van der Waals surface area contributed by atoms with Crippen LogP contribution in [0.2, 0.25) is 0 Å². The first-order valence-corrected chi connectivity index (χ1v) is 13.8. The lowest BCUT2D eigenvalue weighted by molar-refractivity contribution is -0.138. The van der Waals surface area contributed by atoms with Gasteiger partial charge in [-0.25, -0.2) is 19.9 Å². The number of rotatable bonds is 11. The van der Waals surface area contributed by atoms with Gasteiger partial charge in [-0.2, -0.15) is 0 Å². The van der Waals surface area contributed by atoms with Crippen molar-refractivity contribution in [1.82, 2.24) is 19.9 Å². The quantitative estimate of drug-likeness (QED) is 0.245. The average molecular weight is 526 g/mol. The molecule has 1 N–H and O–H groups in total. The number of aliphatic carboxylic acids is 1. The minimum Gasteiger partial charge on any atom is -0.480 e. The second-order valence-electron chi connectivity index (χ2n) is 8.48. The van der Waals surface area contributed by atoms with Crippen LogP contribution in [0.25, 0.3) is 10.6 Å². The van der Waals surface area contributed by atoms with Crippen LogP contribution in [0, 0.1) is 0 Å². The number of carboxylic acids is 1. The fraction of sp³-hybridized carbons (Fsp3) is 0.320. The lowest BCUT2D eigenvalue weighted by Crippen LogP contribution is -2.27. The van der Waals surface area contributed by atoms with E-state index in [1.54, 1.807) is 25.2 Å². The molecular formula is C25H27N5O2S3. The molecule has 0 amide bonds. The summed E-state index contributed by atoms with van der Waals surface area (Å²) in [6.45, 7) is 6.81. The molecular weight excluding hydrogens is 499 g/mol. The zero-order chi connectivity index (χ0) is 24.8. The van der Waals surface area contributed by atoms with Crippen LogP contribution in [-0.4, -0.2) is 42.3 Å². The lowest BCUT2D eigenvalue weighted by Gasteiger charge is -2.23. The molecule has 0 aliphatic heterocycles. The number of anilines is 1. The maximum absolute atomic E-state index is 11.5. The molecule has 4 aromatic rings. The Labute approximate surface area is 217 Å². The minimum absolute atomic E-state index is 0.655. The first kappa shape index (κ1) is 25.3. The summed E-state index contributed by atoms with van der Waals surface area (Å²) in [5.74, 6) is -0.170. The molecule has 0 saturated heterocycles. The zero-order valence-corrected chi connectivity index (χ0v) is 22.3. The van der Waals surface area contributed by atoms with E-state index in [2.05, 4.69) is 56.0 Å². The van der Waals surface area contributed by atoms with Gasteiger partial charge in [0.1, 0.15) is 9.75 Å². The number of carboxylic acid groups (broad SMARTS) is 1. The number of thiazole rings is 2. The fourth-order valence-corrected chi connectivity index (χ4v) is 6.16. The van der Waals surface area contributed by atoms with Gasteiger partial charge in [-0.15, -0.1) is 22.7 Å². The third kappa shape index (κ3) is 6.65. The molecule has 10 heteroatoms. The number of nitrogens with zero attached hydrogens (tertiary/aromatic N) is 5. The fourth-order valence-electron chi connectivity index (χ4n) is 3.29. The number of hydrogen-bond donors (Lipinski definition) is 1. The monoisotopic (exact) mass is 525 g/mol. The van der Waals surface area contributed by atoms with Crippen molar-refractivity contribution in [1.29, 1.82) is 0 Å². The van der Waals surface area contributed by atoms with E-state index < -0.39 is 10.7 Å². The van der Waals surface area contributed by atoms with Crippen LogP contribution in [0.1, 0.15) is 37.6 Å². The molecule has 4 rings (SSSR count). The second kappa shape index (κ2) is 11.3. The van der Waals surface area contributed by atoms with Crippen LogP contribution < -0.4 is 4.90 Å². The Bertz CT molecular complexity index is 1260. The molecule has 7 nitrogen and oxygen atoms in total. The maximum atomic E-state index is 11.5. The van der Waals surface area contributed by atoms with E-state index in [-0.39, 0.29) is 0 Å². The number of hydrogen-bond acceptors (Lipinski definition) is 9. The third-order valence-electron chi connectivity index (χ3n) is 5.39. The number of benzene rings is 1. The first-order chi connectivity index (χ1) is 16.8. The smallest absolute Gasteiger partial charge is 0.319 e. The number of carbonyl (C=O) groups is 1. The van der Waals surface area contributed by atoms with E-state index in [0.717, 1.165) is 38.2 Å². The largest absolute Gasteiger partial charge is 0.480 e. The molecule has 35 heavy (non-hydrogen) atoms. The van der Waals surface area contributed by atoms with Crippen molar-refractivity contribution < 1.29 is 9.90 Å². The number of aromatic nitrogens is 4. The van der Waals surface area contributed by atoms with E-state index in [1.807, 2.05) is 29.4 Å². The topological polar surface area (TPSA) is 92.1 Å². The summed E-state index contributed by atoms with van der Waals surface area (Å²) in [7, 11) is 0. The van der Waals surface area contributed by atoms with Gasteiger partial charge in [0.15, 0.2) is 4.34 Å². The average Bonchev–Trinajstić information content (AvgIpc) is 3.54. The van der Waals surface area contributed by atoms with E-state index in [4.69, 9.17) is 0 Å². The van der Waals surface area contributed by atoms with Gasteiger partial charge in [-0.3, -0.25) is 4.79 Å². The molecule has 3 aromatic heterocycles. The highest BCUT2D eigenvalue weighted by Gasteiger charge is 2.29. The van der Waals surface area contributed by atoms with Crippen molar-refractivity contribution in [2.24, 2.45) is 0 Å². The third-order valence-corrected chi connectivity index (χ3v) is 8.38. The molecule has 0 aliphatic rings. The Morgan fingerprint density at radius 1 is 1.14 bits per heavy atom. The van der Waals surface area contributed by atoms with Gasteiger partial charge >= 0.3 is 5.97 Å². The molecule has 0 fully saturated rings. The van der Waals surface area contributed by atoms with E-state index in [1.165, 1.54) is 23.1 Å². The van der Waals surface area contributed by atoms with Crippen LogP contribution >= 0.6 is 34.4 Å². The van der Waals surface area contributed by atoms with Crippen LogP contribution in [0.4, 0.5) is 5.95 Å². The number of thioether (sulfide) groups is 1. The van der Waals surface area contributed by atoms with Gasteiger partial charge < -0.3 is 10.0 Å². The predicted octanol–water partition coefficient (Wildman–Crippen LogP) is 5.82. The van der Waals surface area contributed by atoms with E-state index in [0.29, 0.717) is 25.5 Å². The van der Waals surface area contributed by atoms with Crippen LogP contribution in [0.15, 0.2) is 58.0 Å².